The van der Waals surface area contributed by atoms with Gasteiger partial charge >= 0.3 is 5.97 Å². The van der Waals surface area contributed by atoms with Gasteiger partial charge in [-0.1, -0.05) is 24.3 Å². The molecule has 5 rings (SSSR count). The second-order valence-corrected chi connectivity index (χ2v) is 11.0. The summed E-state index contributed by atoms with van der Waals surface area (Å²) < 4.78 is 10.1. The van der Waals surface area contributed by atoms with E-state index >= 15 is 0 Å². The SMILES string of the molecule is O=C1OCCC/C=C\[C@H]2S[C@]34C=CCN(CCN5CCOCC5)C(=O)C3N(CCO)C(=O)[C@@H]4[C@@H]12. The molecule has 1 N–H and O–H groups in total. The molecule has 1 spiro atoms. The molecular formula is C24H33N3O6S. The minimum Gasteiger partial charge on any atom is -0.465 e. The van der Waals surface area contributed by atoms with Crippen LogP contribution in [0.4, 0.5) is 0 Å². The number of β-amino-alcohol motifs (C(OH)–C–C–N with tert-alkyl or cyclic N) is 1. The number of allylic oxidation sites excluding steroid dienone is 1. The molecule has 0 aliphatic carbocycles. The number of rotatable bonds is 5. The van der Waals surface area contributed by atoms with Gasteiger partial charge in [0.05, 0.1) is 43.0 Å². The molecule has 0 radical (unpaired) electrons. The number of hydrogen-bond acceptors (Lipinski definition) is 8. The van der Waals surface area contributed by atoms with Crippen molar-refractivity contribution in [2.24, 2.45) is 11.8 Å². The summed E-state index contributed by atoms with van der Waals surface area (Å²) >= 11 is 1.54. The lowest BCUT2D eigenvalue weighted by atomic mass is 9.78. The largest absolute Gasteiger partial charge is 0.465 e. The van der Waals surface area contributed by atoms with Crippen LogP contribution in [0.3, 0.4) is 0 Å². The molecule has 0 bridgehead atoms. The van der Waals surface area contributed by atoms with E-state index in [0.717, 1.165) is 32.5 Å². The Labute approximate surface area is 204 Å². The van der Waals surface area contributed by atoms with Crippen molar-refractivity contribution in [2.75, 3.05) is 65.7 Å². The fourth-order valence-corrected chi connectivity index (χ4v) is 7.94. The van der Waals surface area contributed by atoms with Crippen LogP contribution in [0.25, 0.3) is 0 Å². The number of morpholine rings is 1. The molecular weight excluding hydrogens is 458 g/mol. The highest BCUT2D eigenvalue weighted by molar-refractivity contribution is 8.02. The summed E-state index contributed by atoms with van der Waals surface area (Å²) in [7, 11) is 0. The van der Waals surface area contributed by atoms with E-state index in [1.165, 1.54) is 16.7 Å². The minimum absolute atomic E-state index is 0.0709. The van der Waals surface area contributed by atoms with E-state index < -0.39 is 22.6 Å². The fraction of sp³-hybridized carbons (Fsp3) is 0.708. The molecule has 0 saturated carbocycles. The van der Waals surface area contributed by atoms with Gasteiger partial charge in [0, 0.05) is 44.5 Å². The number of fused-ring (bicyclic) bond motifs is 2. The van der Waals surface area contributed by atoms with E-state index in [9.17, 15) is 19.5 Å². The summed E-state index contributed by atoms with van der Waals surface area (Å²) in [6.45, 7) is 5.01. The van der Waals surface area contributed by atoms with Gasteiger partial charge in [-0.15, -0.1) is 11.8 Å². The van der Waals surface area contributed by atoms with Crippen LogP contribution in [0.1, 0.15) is 12.8 Å². The first-order valence-electron chi connectivity index (χ1n) is 12.3. The number of ether oxygens (including phenoxy) is 2. The van der Waals surface area contributed by atoms with E-state index in [1.54, 1.807) is 0 Å². The Morgan fingerprint density at radius 2 is 1.88 bits per heavy atom. The van der Waals surface area contributed by atoms with Crippen molar-refractivity contribution >= 4 is 29.5 Å². The van der Waals surface area contributed by atoms with Crippen molar-refractivity contribution in [3.63, 3.8) is 0 Å². The summed E-state index contributed by atoms with van der Waals surface area (Å²) in [5.41, 5.74) is 0. The molecule has 0 aromatic rings. The van der Waals surface area contributed by atoms with Gasteiger partial charge in [0.1, 0.15) is 6.04 Å². The number of hydrogen-bond donors (Lipinski definition) is 1. The molecule has 9 nitrogen and oxygen atoms in total. The quantitative estimate of drug-likeness (QED) is 0.421. The Hall–Kier alpha value is -1.88. The zero-order chi connectivity index (χ0) is 23.7. The average molecular weight is 492 g/mol. The second kappa shape index (κ2) is 10.0. The van der Waals surface area contributed by atoms with Gasteiger partial charge in [-0.2, -0.15) is 0 Å². The smallest absolute Gasteiger partial charge is 0.311 e. The molecule has 2 amide bonds. The van der Waals surface area contributed by atoms with Crippen molar-refractivity contribution in [3.05, 3.63) is 24.3 Å². The molecule has 5 aliphatic heterocycles. The first-order valence-corrected chi connectivity index (χ1v) is 13.1. The summed E-state index contributed by atoms with van der Waals surface area (Å²) in [6, 6.07) is -0.748. The normalized spacial score (nSPS) is 37.3. The van der Waals surface area contributed by atoms with E-state index in [-0.39, 0.29) is 36.2 Å². The minimum atomic E-state index is -0.852. The van der Waals surface area contributed by atoms with Crippen LogP contribution >= 0.6 is 11.8 Å². The van der Waals surface area contributed by atoms with Crippen molar-refractivity contribution in [1.29, 1.82) is 0 Å². The second-order valence-electron chi connectivity index (χ2n) is 9.48. The number of aliphatic hydroxyl groups excluding tert-OH is 1. The Morgan fingerprint density at radius 1 is 1.06 bits per heavy atom. The molecule has 5 aliphatic rings. The molecule has 0 aromatic carbocycles. The summed E-state index contributed by atoms with van der Waals surface area (Å²) in [5, 5.41) is 9.50. The molecule has 186 valence electrons. The Morgan fingerprint density at radius 3 is 2.68 bits per heavy atom. The number of carbonyl (C=O) groups excluding carboxylic acids is 3. The molecule has 3 saturated heterocycles. The molecule has 34 heavy (non-hydrogen) atoms. The highest BCUT2D eigenvalue weighted by Gasteiger charge is 2.70. The van der Waals surface area contributed by atoms with Gasteiger partial charge < -0.3 is 24.4 Å². The lowest BCUT2D eigenvalue weighted by molar-refractivity contribution is -0.153. The van der Waals surface area contributed by atoms with Crippen LogP contribution < -0.4 is 0 Å². The van der Waals surface area contributed by atoms with E-state index in [1.807, 2.05) is 23.1 Å². The van der Waals surface area contributed by atoms with Crippen molar-refractivity contribution < 1.29 is 29.0 Å². The summed E-state index contributed by atoms with van der Waals surface area (Å²) in [6.07, 6.45) is 9.63. The van der Waals surface area contributed by atoms with Gasteiger partial charge in [0.25, 0.3) is 0 Å². The van der Waals surface area contributed by atoms with Gasteiger partial charge in [0.15, 0.2) is 0 Å². The number of likely N-dealkylation sites (tertiary alicyclic amines) is 1. The number of nitrogens with zero attached hydrogens (tertiary/aromatic N) is 3. The van der Waals surface area contributed by atoms with E-state index in [0.29, 0.717) is 32.9 Å². The average Bonchev–Trinajstić information content (AvgIpc) is 3.24. The maximum Gasteiger partial charge on any atom is 0.311 e. The van der Waals surface area contributed by atoms with E-state index in [4.69, 9.17) is 9.47 Å². The molecule has 3 fully saturated rings. The first kappa shape index (κ1) is 23.8. The fourth-order valence-electron chi connectivity index (χ4n) is 5.94. The van der Waals surface area contributed by atoms with E-state index in [2.05, 4.69) is 11.0 Å². The molecule has 5 heterocycles. The zero-order valence-corrected chi connectivity index (χ0v) is 20.2. The van der Waals surface area contributed by atoms with Crippen molar-refractivity contribution in [1.82, 2.24) is 14.7 Å². The zero-order valence-electron chi connectivity index (χ0n) is 19.3. The standard InChI is InChI=1S/C24H33N3O6S/c28-13-10-27-20-22(30)26(9-8-25-11-15-32-16-12-25)7-4-6-24(20)19(21(27)29)18-17(34-24)5-2-1-3-14-33-23(18)31/h2,4-6,17-20,28H,1,3,7-16H2/b5-2-/t17-,18+,19+,20?,24+/m1/s1. The number of aliphatic hydroxyl groups is 1. The number of carbonyl (C=O) groups is 3. The maximum atomic E-state index is 14.0. The first-order chi connectivity index (χ1) is 16.6. The molecule has 10 heteroatoms. The Balaban J connectivity index is 1.46. The molecule has 0 aromatic heterocycles. The number of amides is 2. The van der Waals surface area contributed by atoms with Crippen molar-refractivity contribution in [2.45, 2.75) is 28.9 Å². The third kappa shape index (κ3) is 4.08. The van der Waals surface area contributed by atoms with Crippen LogP contribution in [0.5, 0.6) is 0 Å². The van der Waals surface area contributed by atoms with Crippen LogP contribution in [-0.2, 0) is 23.9 Å². The third-order valence-electron chi connectivity index (χ3n) is 7.57. The topological polar surface area (TPSA) is 99.6 Å². The van der Waals surface area contributed by atoms with Crippen LogP contribution in [0, 0.1) is 11.8 Å². The molecule has 1 unspecified atom stereocenters. The Kier molecular flexibility index (Phi) is 7.02. The Bertz CT molecular complexity index is 875. The van der Waals surface area contributed by atoms with Gasteiger partial charge in [0.2, 0.25) is 11.8 Å². The predicted octanol–water partition coefficient (Wildman–Crippen LogP) is -0.100. The third-order valence-corrected chi connectivity index (χ3v) is 9.31. The van der Waals surface area contributed by atoms with Crippen molar-refractivity contribution in [3.8, 4) is 0 Å². The lowest BCUT2D eigenvalue weighted by Gasteiger charge is -2.36. The number of cyclic esters (lactones) is 1. The van der Waals surface area contributed by atoms with Gasteiger partial charge in [-0.25, -0.2) is 0 Å². The highest BCUT2D eigenvalue weighted by atomic mass is 32.2. The number of esters is 1. The molecule has 5 atom stereocenters. The summed E-state index contributed by atoms with van der Waals surface area (Å²) in [4.78, 5) is 46.4. The predicted molar refractivity (Wildman–Crippen MR) is 126 cm³/mol. The van der Waals surface area contributed by atoms with Crippen LogP contribution in [-0.4, -0.2) is 119 Å². The maximum absolute atomic E-state index is 14.0. The van der Waals surface area contributed by atoms with Crippen LogP contribution in [0.15, 0.2) is 24.3 Å². The van der Waals surface area contributed by atoms with Gasteiger partial charge in [-0.05, 0) is 12.8 Å². The van der Waals surface area contributed by atoms with Crippen LogP contribution in [0.2, 0.25) is 0 Å². The lowest BCUT2D eigenvalue weighted by Crippen LogP contribution is -2.54. The monoisotopic (exact) mass is 491 g/mol. The summed E-state index contributed by atoms with van der Waals surface area (Å²) in [5.74, 6) is -2.04. The highest BCUT2D eigenvalue weighted by Crippen LogP contribution is 2.60. The number of thioether (sulfide) groups is 1. The van der Waals surface area contributed by atoms with Gasteiger partial charge in [-0.3, -0.25) is 19.3 Å².